The van der Waals surface area contributed by atoms with Gasteiger partial charge in [-0.15, -0.1) is 0 Å². The van der Waals surface area contributed by atoms with E-state index in [9.17, 15) is 17.6 Å². The Morgan fingerprint density at radius 2 is 1.55 bits per heavy atom. The SMILES string of the molecule is O=C(CN(c1ccc(F)cc1)S(=O)(=O)c1ccccc1)Nc1ccc2c3c(cccc13)CC2. The first-order valence-electron chi connectivity index (χ1n) is 10.6. The molecule has 0 unspecified atom stereocenters. The van der Waals surface area contributed by atoms with Gasteiger partial charge in [0.2, 0.25) is 5.91 Å². The molecule has 166 valence electrons. The summed E-state index contributed by atoms with van der Waals surface area (Å²) in [5.41, 5.74) is 3.34. The lowest BCUT2D eigenvalue weighted by Gasteiger charge is -2.24. The molecule has 0 saturated carbocycles. The summed E-state index contributed by atoms with van der Waals surface area (Å²) < 4.78 is 41.2. The second-order valence-corrected chi connectivity index (χ2v) is 9.82. The summed E-state index contributed by atoms with van der Waals surface area (Å²) in [6.45, 7) is -0.453. The lowest BCUT2D eigenvalue weighted by Crippen LogP contribution is -2.38. The van der Waals surface area contributed by atoms with E-state index in [0.717, 1.165) is 27.9 Å². The van der Waals surface area contributed by atoms with Gasteiger partial charge >= 0.3 is 0 Å². The van der Waals surface area contributed by atoms with E-state index in [1.54, 1.807) is 18.2 Å². The summed E-state index contributed by atoms with van der Waals surface area (Å²) in [5.74, 6) is -0.981. The lowest BCUT2D eigenvalue weighted by atomic mass is 10.0. The molecular formula is C26H21FN2O3S. The number of halogens is 1. The third kappa shape index (κ3) is 3.96. The molecule has 1 N–H and O–H groups in total. The Bertz CT molecular complexity index is 1440. The zero-order valence-electron chi connectivity index (χ0n) is 17.7. The highest BCUT2D eigenvalue weighted by Crippen LogP contribution is 2.35. The average molecular weight is 461 g/mol. The van der Waals surface area contributed by atoms with Gasteiger partial charge < -0.3 is 5.32 Å². The number of hydrogen-bond donors (Lipinski definition) is 1. The standard InChI is InChI=1S/C26H21FN2O3S/c27-20-12-14-21(15-13-20)29(33(31,32)22-6-2-1-3-7-22)17-25(30)28-24-16-11-19-10-9-18-5-4-8-23(24)26(18)19/h1-8,11-16H,9-10,17H2,(H,28,30). The zero-order valence-corrected chi connectivity index (χ0v) is 18.5. The predicted octanol–water partition coefficient (Wildman–Crippen LogP) is 4.91. The Morgan fingerprint density at radius 3 is 2.27 bits per heavy atom. The van der Waals surface area contributed by atoms with Crippen molar-refractivity contribution in [2.75, 3.05) is 16.2 Å². The minimum atomic E-state index is -4.05. The highest BCUT2D eigenvalue weighted by Gasteiger charge is 2.27. The summed E-state index contributed by atoms with van der Waals surface area (Å²) in [5, 5.41) is 4.98. The third-order valence-electron chi connectivity index (χ3n) is 5.88. The Labute approximate surface area is 191 Å². The zero-order chi connectivity index (χ0) is 23.0. The van der Waals surface area contributed by atoms with Crippen molar-refractivity contribution in [3.63, 3.8) is 0 Å². The molecule has 0 radical (unpaired) electrons. The summed E-state index contributed by atoms with van der Waals surface area (Å²) in [4.78, 5) is 13.1. The van der Waals surface area contributed by atoms with Crippen molar-refractivity contribution in [1.82, 2.24) is 0 Å². The maximum absolute atomic E-state index is 13.5. The topological polar surface area (TPSA) is 66.5 Å². The maximum Gasteiger partial charge on any atom is 0.264 e. The fourth-order valence-corrected chi connectivity index (χ4v) is 5.76. The van der Waals surface area contributed by atoms with Crippen molar-refractivity contribution >= 4 is 38.1 Å². The molecule has 1 amide bonds. The molecule has 1 aliphatic rings. The Morgan fingerprint density at radius 1 is 0.848 bits per heavy atom. The molecule has 0 fully saturated rings. The van der Waals surface area contributed by atoms with Crippen LogP contribution in [0.4, 0.5) is 15.8 Å². The molecule has 4 aromatic carbocycles. The van der Waals surface area contributed by atoms with Gasteiger partial charge in [0.05, 0.1) is 10.6 Å². The summed E-state index contributed by atoms with van der Waals surface area (Å²) in [7, 11) is -4.05. The molecule has 0 bridgehead atoms. The largest absolute Gasteiger partial charge is 0.324 e. The number of nitrogens with zero attached hydrogens (tertiary/aromatic N) is 1. The minimum Gasteiger partial charge on any atom is -0.324 e. The second kappa shape index (κ2) is 8.33. The monoisotopic (exact) mass is 460 g/mol. The molecule has 0 spiro atoms. The van der Waals surface area contributed by atoms with Crippen LogP contribution in [-0.2, 0) is 27.7 Å². The first-order valence-corrected chi connectivity index (χ1v) is 12.0. The van der Waals surface area contributed by atoms with Gasteiger partial charge in [0, 0.05) is 11.1 Å². The van der Waals surface area contributed by atoms with Crippen LogP contribution in [0.5, 0.6) is 0 Å². The molecule has 1 aliphatic carbocycles. The fraction of sp³-hybridized carbons (Fsp3) is 0.115. The number of hydrogen-bond acceptors (Lipinski definition) is 3. The maximum atomic E-state index is 13.5. The Balaban J connectivity index is 1.48. The highest BCUT2D eigenvalue weighted by atomic mass is 32.2. The van der Waals surface area contributed by atoms with E-state index in [1.165, 1.54) is 47.5 Å². The number of carbonyl (C=O) groups excluding carboxylic acids is 1. The van der Waals surface area contributed by atoms with Crippen LogP contribution in [0.1, 0.15) is 11.1 Å². The molecule has 7 heteroatoms. The van der Waals surface area contributed by atoms with Crippen LogP contribution in [0.15, 0.2) is 89.8 Å². The molecule has 5 rings (SSSR count). The lowest BCUT2D eigenvalue weighted by molar-refractivity contribution is -0.114. The van der Waals surface area contributed by atoms with E-state index in [2.05, 4.69) is 11.4 Å². The molecule has 5 nitrogen and oxygen atoms in total. The quantitative estimate of drug-likeness (QED) is 0.445. The van der Waals surface area contributed by atoms with Gasteiger partial charge in [0.15, 0.2) is 0 Å². The van der Waals surface area contributed by atoms with E-state index in [1.807, 2.05) is 24.3 Å². The second-order valence-electron chi connectivity index (χ2n) is 7.96. The van der Waals surface area contributed by atoms with Gasteiger partial charge in [-0.3, -0.25) is 9.10 Å². The number of aryl methyl sites for hydroxylation is 2. The van der Waals surface area contributed by atoms with E-state index < -0.39 is 28.3 Å². The van der Waals surface area contributed by atoms with Crippen molar-refractivity contribution in [1.29, 1.82) is 0 Å². The molecule has 0 aliphatic heterocycles. The van der Waals surface area contributed by atoms with Crippen LogP contribution < -0.4 is 9.62 Å². The van der Waals surface area contributed by atoms with Crippen molar-refractivity contribution in [2.24, 2.45) is 0 Å². The number of nitrogens with one attached hydrogen (secondary N) is 1. The molecule has 0 atom stereocenters. The molecule has 4 aromatic rings. The third-order valence-corrected chi connectivity index (χ3v) is 7.67. The summed E-state index contributed by atoms with van der Waals surface area (Å²) in [6.07, 6.45) is 1.94. The van der Waals surface area contributed by atoms with Gasteiger partial charge in [0.1, 0.15) is 12.4 Å². The van der Waals surface area contributed by atoms with Crippen molar-refractivity contribution < 1.29 is 17.6 Å². The van der Waals surface area contributed by atoms with Crippen LogP contribution in [0.3, 0.4) is 0 Å². The smallest absolute Gasteiger partial charge is 0.264 e. The van der Waals surface area contributed by atoms with Crippen LogP contribution in [0.25, 0.3) is 10.8 Å². The Hall–Kier alpha value is -3.71. The molecule has 0 heterocycles. The van der Waals surface area contributed by atoms with Crippen LogP contribution in [-0.4, -0.2) is 20.9 Å². The first-order chi connectivity index (χ1) is 15.9. The molecule has 33 heavy (non-hydrogen) atoms. The van der Waals surface area contributed by atoms with E-state index in [4.69, 9.17) is 0 Å². The predicted molar refractivity (Wildman–Crippen MR) is 127 cm³/mol. The summed E-state index contributed by atoms with van der Waals surface area (Å²) >= 11 is 0. The van der Waals surface area contributed by atoms with E-state index in [-0.39, 0.29) is 10.6 Å². The van der Waals surface area contributed by atoms with Crippen molar-refractivity contribution in [3.8, 4) is 0 Å². The molecule has 0 saturated heterocycles. The van der Waals surface area contributed by atoms with E-state index in [0.29, 0.717) is 5.69 Å². The number of carbonyl (C=O) groups is 1. The number of sulfonamides is 1. The number of rotatable bonds is 6. The Kier molecular flexibility index (Phi) is 5.34. The highest BCUT2D eigenvalue weighted by molar-refractivity contribution is 7.92. The minimum absolute atomic E-state index is 0.0486. The fourth-order valence-electron chi connectivity index (χ4n) is 4.32. The average Bonchev–Trinajstić information content (AvgIpc) is 3.25. The van der Waals surface area contributed by atoms with Gasteiger partial charge in [-0.25, -0.2) is 12.8 Å². The number of amides is 1. The number of anilines is 2. The van der Waals surface area contributed by atoms with Crippen LogP contribution in [0.2, 0.25) is 0 Å². The van der Waals surface area contributed by atoms with Crippen LogP contribution in [0, 0.1) is 5.82 Å². The number of benzene rings is 4. The molecular weight excluding hydrogens is 439 g/mol. The van der Waals surface area contributed by atoms with Crippen molar-refractivity contribution in [2.45, 2.75) is 17.7 Å². The molecule has 0 aromatic heterocycles. The van der Waals surface area contributed by atoms with E-state index >= 15 is 0 Å². The van der Waals surface area contributed by atoms with Crippen LogP contribution >= 0.6 is 0 Å². The first kappa shape index (κ1) is 21.2. The van der Waals surface area contributed by atoms with Gasteiger partial charge in [-0.05, 0) is 71.8 Å². The van der Waals surface area contributed by atoms with Gasteiger partial charge in [0.25, 0.3) is 10.0 Å². The summed E-state index contributed by atoms with van der Waals surface area (Å²) in [6, 6.07) is 22.8. The van der Waals surface area contributed by atoms with Crippen molar-refractivity contribution in [3.05, 3.63) is 102 Å². The van der Waals surface area contributed by atoms with Gasteiger partial charge in [-0.1, -0.05) is 42.5 Å². The van der Waals surface area contributed by atoms with Gasteiger partial charge in [-0.2, -0.15) is 0 Å². The normalized spacial score (nSPS) is 12.6.